The fourth-order valence-corrected chi connectivity index (χ4v) is 3.39. The highest BCUT2D eigenvalue weighted by Gasteiger charge is 2.34. The molecule has 0 N–H and O–H groups in total. The molecule has 6 nitrogen and oxygen atoms in total. The van der Waals surface area contributed by atoms with Crippen LogP contribution in [0.1, 0.15) is 11.8 Å². The van der Waals surface area contributed by atoms with Crippen molar-refractivity contribution < 1.29 is 4.92 Å². The Labute approximate surface area is 122 Å². The maximum atomic E-state index is 10.7. The van der Waals surface area contributed by atoms with E-state index in [2.05, 4.69) is 22.9 Å². The minimum Gasteiger partial charge on any atom is -0.304 e. The maximum absolute atomic E-state index is 10.7. The van der Waals surface area contributed by atoms with Gasteiger partial charge in [-0.1, -0.05) is 11.3 Å². The first-order valence-corrected chi connectivity index (χ1v) is 7.34. The summed E-state index contributed by atoms with van der Waals surface area (Å²) >= 11 is 1.16. The quantitative estimate of drug-likeness (QED) is 0.624. The third-order valence-corrected chi connectivity index (χ3v) is 4.82. The average molecular weight is 294 g/mol. The number of nitriles is 1. The Bertz CT molecular complexity index is 531. The third kappa shape index (κ3) is 3.15. The number of rotatable bonds is 4. The molecule has 0 aromatic carbocycles. The summed E-state index contributed by atoms with van der Waals surface area (Å²) in [6.07, 6.45) is 0.533. The van der Waals surface area contributed by atoms with Crippen LogP contribution in [0.5, 0.6) is 0 Å². The van der Waals surface area contributed by atoms with Gasteiger partial charge in [0.05, 0.1) is 11.0 Å². The van der Waals surface area contributed by atoms with Gasteiger partial charge in [0.15, 0.2) is 0 Å². The zero-order chi connectivity index (χ0) is 14.8. The van der Waals surface area contributed by atoms with Gasteiger partial charge in [-0.25, -0.2) is 0 Å². The Kier molecular flexibility index (Phi) is 4.38. The first-order chi connectivity index (χ1) is 9.44. The number of thiophene rings is 1. The molecule has 2 rings (SSSR count). The lowest BCUT2D eigenvalue weighted by molar-refractivity contribution is -0.380. The predicted octanol–water partition coefficient (Wildman–Crippen LogP) is 1.73. The van der Waals surface area contributed by atoms with Gasteiger partial charge in [0.25, 0.3) is 0 Å². The van der Waals surface area contributed by atoms with Crippen LogP contribution in [0.4, 0.5) is 5.00 Å². The Hall–Kier alpha value is -1.49. The van der Waals surface area contributed by atoms with E-state index in [0.717, 1.165) is 42.4 Å². The van der Waals surface area contributed by atoms with Gasteiger partial charge < -0.3 is 4.90 Å². The topological polar surface area (TPSA) is 73.4 Å². The van der Waals surface area contributed by atoms with Crippen molar-refractivity contribution in [2.24, 2.45) is 0 Å². The minimum absolute atomic E-state index is 0.138. The van der Waals surface area contributed by atoms with Crippen molar-refractivity contribution >= 4 is 16.3 Å². The van der Waals surface area contributed by atoms with E-state index in [4.69, 9.17) is 0 Å². The standard InChI is InChI=1S/C13H18N4O2S/c1-13(10-14,16-7-5-15(2)6-8-16)9-11-3-4-12(20-11)17(18)19/h3-4H,5-9H2,1-2H3. The predicted molar refractivity (Wildman–Crippen MR) is 77.8 cm³/mol. The number of likely N-dealkylation sites (N-methyl/N-ethyl adjacent to an activating group) is 1. The van der Waals surface area contributed by atoms with Crippen LogP contribution in [0.2, 0.25) is 0 Å². The van der Waals surface area contributed by atoms with Gasteiger partial charge in [0, 0.05) is 43.5 Å². The lowest BCUT2D eigenvalue weighted by Gasteiger charge is -2.41. The summed E-state index contributed by atoms with van der Waals surface area (Å²) in [5.41, 5.74) is -0.597. The second kappa shape index (κ2) is 5.87. The zero-order valence-corrected chi connectivity index (χ0v) is 12.5. The molecule has 0 bridgehead atoms. The molecule has 1 aliphatic rings. The van der Waals surface area contributed by atoms with E-state index in [1.54, 1.807) is 6.07 Å². The highest BCUT2D eigenvalue weighted by molar-refractivity contribution is 7.15. The Morgan fingerprint density at radius 1 is 1.45 bits per heavy atom. The Morgan fingerprint density at radius 2 is 2.10 bits per heavy atom. The molecule has 1 fully saturated rings. The number of nitrogens with zero attached hydrogens (tertiary/aromatic N) is 4. The second-order valence-corrected chi connectivity index (χ2v) is 6.50. The molecular weight excluding hydrogens is 276 g/mol. The monoisotopic (exact) mass is 294 g/mol. The van der Waals surface area contributed by atoms with Gasteiger partial charge in [-0.3, -0.25) is 15.0 Å². The largest absolute Gasteiger partial charge is 0.324 e. The SMILES string of the molecule is CN1CCN(C(C)(C#N)Cc2ccc([N+](=O)[O-])s2)CC1. The third-order valence-electron chi connectivity index (χ3n) is 3.79. The number of piperazine rings is 1. The molecule has 0 aliphatic carbocycles. The van der Waals surface area contributed by atoms with E-state index in [9.17, 15) is 15.4 Å². The molecule has 1 unspecified atom stereocenters. The van der Waals surface area contributed by atoms with Crippen molar-refractivity contribution in [3.05, 3.63) is 27.1 Å². The van der Waals surface area contributed by atoms with Gasteiger partial charge >= 0.3 is 5.00 Å². The molecule has 0 saturated carbocycles. The van der Waals surface area contributed by atoms with E-state index in [1.165, 1.54) is 6.07 Å². The minimum atomic E-state index is -0.597. The smallest absolute Gasteiger partial charge is 0.304 e. The van der Waals surface area contributed by atoms with Crippen LogP contribution in [-0.4, -0.2) is 53.5 Å². The summed E-state index contributed by atoms with van der Waals surface area (Å²) in [6, 6.07) is 5.67. The fraction of sp³-hybridized carbons (Fsp3) is 0.615. The summed E-state index contributed by atoms with van der Waals surface area (Å²) in [7, 11) is 2.07. The van der Waals surface area contributed by atoms with E-state index < -0.39 is 5.54 Å². The molecule has 20 heavy (non-hydrogen) atoms. The van der Waals surface area contributed by atoms with Gasteiger partial charge in [-0.05, 0) is 20.0 Å². The first kappa shape index (κ1) is 14.9. The molecule has 2 heterocycles. The lowest BCUT2D eigenvalue weighted by atomic mass is 9.95. The molecule has 0 spiro atoms. The summed E-state index contributed by atoms with van der Waals surface area (Å²) in [4.78, 5) is 15.6. The molecular formula is C13H18N4O2S. The van der Waals surface area contributed by atoms with Gasteiger partial charge in [0.1, 0.15) is 5.54 Å². The summed E-state index contributed by atoms with van der Waals surface area (Å²) < 4.78 is 0. The number of nitro groups is 1. The van der Waals surface area contributed by atoms with Crippen molar-refractivity contribution in [3.8, 4) is 6.07 Å². The van der Waals surface area contributed by atoms with Crippen molar-refractivity contribution in [1.82, 2.24) is 9.80 Å². The first-order valence-electron chi connectivity index (χ1n) is 6.52. The Balaban J connectivity index is 2.10. The molecule has 1 aromatic heterocycles. The lowest BCUT2D eigenvalue weighted by Crippen LogP contribution is -2.55. The second-order valence-electron chi connectivity index (χ2n) is 5.35. The van der Waals surface area contributed by atoms with Crippen LogP contribution in [0.25, 0.3) is 0 Å². The van der Waals surface area contributed by atoms with Crippen LogP contribution in [0.15, 0.2) is 12.1 Å². The number of hydrogen-bond acceptors (Lipinski definition) is 6. The van der Waals surface area contributed by atoms with Crippen molar-refractivity contribution in [3.63, 3.8) is 0 Å². The highest BCUT2D eigenvalue weighted by atomic mass is 32.1. The van der Waals surface area contributed by atoms with E-state index in [1.807, 2.05) is 6.92 Å². The van der Waals surface area contributed by atoms with Crippen LogP contribution < -0.4 is 0 Å². The van der Waals surface area contributed by atoms with Gasteiger partial charge in [0.2, 0.25) is 0 Å². The van der Waals surface area contributed by atoms with Crippen LogP contribution >= 0.6 is 11.3 Å². The van der Waals surface area contributed by atoms with E-state index in [0.29, 0.717) is 6.42 Å². The van der Waals surface area contributed by atoms with Crippen molar-refractivity contribution in [2.75, 3.05) is 33.2 Å². The van der Waals surface area contributed by atoms with Gasteiger partial charge in [-0.15, -0.1) is 0 Å². The normalized spacial score (nSPS) is 20.2. The summed E-state index contributed by atoms with van der Waals surface area (Å²) in [5.74, 6) is 0. The van der Waals surface area contributed by atoms with Crippen LogP contribution in [-0.2, 0) is 6.42 Å². The molecule has 0 radical (unpaired) electrons. The van der Waals surface area contributed by atoms with Crippen molar-refractivity contribution in [1.29, 1.82) is 5.26 Å². The van der Waals surface area contributed by atoms with Crippen molar-refractivity contribution in [2.45, 2.75) is 18.9 Å². The molecule has 1 aliphatic heterocycles. The molecule has 0 amide bonds. The zero-order valence-electron chi connectivity index (χ0n) is 11.7. The maximum Gasteiger partial charge on any atom is 0.324 e. The van der Waals surface area contributed by atoms with Crippen LogP contribution in [0, 0.1) is 21.4 Å². The number of hydrogen-bond donors (Lipinski definition) is 0. The molecule has 1 saturated heterocycles. The fourth-order valence-electron chi connectivity index (χ4n) is 2.42. The average Bonchev–Trinajstić information content (AvgIpc) is 2.88. The molecule has 108 valence electrons. The highest BCUT2D eigenvalue weighted by Crippen LogP contribution is 2.29. The van der Waals surface area contributed by atoms with Gasteiger partial charge in [-0.2, -0.15) is 5.26 Å². The van der Waals surface area contributed by atoms with E-state index in [-0.39, 0.29) is 9.92 Å². The summed E-state index contributed by atoms with van der Waals surface area (Å²) in [6.45, 7) is 5.52. The summed E-state index contributed by atoms with van der Waals surface area (Å²) in [5, 5.41) is 20.4. The van der Waals surface area contributed by atoms with E-state index >= 15 is 0 Å². The van der Waals surface area contributed by atoms with Crippen LogP contribution in [0.3, 0.4) is 0 Å². The molecule has 1 aromatic rings. The Morgan fingerprint density at radius 3 is 2.60 bits per heavy atom. The molecule has 7 heteroatoms. The molecule has 1 atom stereocenters.